The molecule has 0 radical (unpaired) electrons. The van der Waals surface area contributed by atoms with Gasteiger partial charge in [0.15, 0.2) is 0 Å². The molecule has 3 heterocycles. The summed E-state index contributed by atoms with van der Waals surface area (Å²) in [6.07, 6.45) is 0.170. The molecule has 0 spiro atoms. The first-order valence-corrected chi connectivity index (χ1v) is 13.3. The largest absolute Gasteiger partial charge is 0.340 e. The summed E-state index contributed by atoms with van der Waals surface area (Å²) >= 11 is 0.981. The fraction of sp³-hybridized carbons (Fsp3) is 0.391. The van der Waals surface area contributed by atoms with Crippen LogP contribution in [0, 0.1) is 19.8 Å². The number of benzene rings is 2. The molecule has 1 unspecified atom stereocenters. The average molecular weight is 500 g/mol. The van der Waals surface area contributed by atoms with Crippen LogP contribution in [-0.2, 0) is 19.6 Å². The number of carbonyl (C=O) groups is 2. The summed E-state index contributed by atoms with van der Waals surface area (Å²) in [6, 6.07) is 10.8. The molecule has 0 bridgehead atoms. The molecule has 0 saturated carbocycles. The van der Waals surface area contributed by atoms with Crippen molar-refractivity contribution in [3.8, 4) is 0 Å². The molecule has 2 saturated heterocycles. The highest BCUT2D eigenvalue weighted by Crippen LogP contribution is 2.31. The monoisotopic (exact) mass is 499 g/mol. The van der Waals surface area contributed by atoms with Crippen molar-refractivity contribution in [1.29, 1.82) is 0 Å². The molecule has 0 N–H and O–H groups in total. The molecule has 1 aromatic heterocycles. The van der Waals surface area contributed by atoms with Gasteiger partial charge < -0.3 is 9.80 Å². The lowest BCUT2D eigenvalue weighted by atomic mass is 10.1. The average Bonchev–Trinajstić information content (AvgIpc) is 3.47. The molecule has 11 heteroatoms. The van der Waals surface area contributed by atoms with Gasteiger partial charge in [-0.2, -0.15) is 13.1 Å². The quantitative estimate of drug-likeness (QED) is 0.545. The van der Waals surface area contributed by atoms with Gasteiger partial charge >= 0.3 is 0 Å². The number of aromatic nitrogens is 2. The van der Waals surface area contributed by atoms with Gasteiger partial charge in [0.25, 0.3) is 0 Å². The van der Waals surface area contributed by atoms with E-state index in [-0.39, 0.29) is 49.3 Å². The fourth-order valence-electron chi connectivity index (χ4n) is 4.67. The molecule has 1 atom stereocenters. The van der Waals surface area contributed by atoms with Gasteiger partial charge in [-0.1, -0.05) is 18.2 Å². The molecule has 2 amide bonds. The SMILES string of the molecule is Cc1cccc(N2CC(C(=O)N3CCN(S(=O)(=O)c4cccc5nsnc45)CC3)CC2=O)c1C. The number of piperazine rings is 1. The van der Waals surface area contributed by atoms with Gasteiger partial charge in [0.05, 0.1) is 17.6 Å². The van der Waals surface area contributed by atoms with Crippen molar-refractivity contribution in [2.24, 2.45) is 5.92 Å². The van der Waals surface area contributed by atoms with Crippen LogP contribution in [0.5, 0.6) is 0 Å². The first kappa shape index (κ1) is 22.9. The van der Waals surface area contributed by atoms with Crippen LogP contribution in [0.15, 0.2) is 41.3 Å². The molecule has 5 rings (SSSR count). The van der Waals surface area contributed by atoms with Gasteiger partial charge in [0.2, 0.25) is 21.8 Å². The van der Waals surface area contributed by atoms with Crippen LogP contribution in [0.3, 0.4) is 0 Å². The third-order valence-electron chi connectivity index (χ3n) is 6.76. The number of rotatable bonds is 4. The molecule has 3 aromatic rings. The zero-order valence-electron chi connectivity index (χ0n) is 19.0. The number of amides is 2. The van der Waals surface area contributed by atoms with E-state index in [1.54, 1.807) is 28.0 Å². The normalized spacial score (nSPS) is 19.8. The summed E-state index contributed by atoms with van der Waals surface area (Å²) in [5.74, 6) is -0.576. The summed E-state index contributed by atoms with van der Waals surface area (Å²) in [5, 5.41) is 0. The maximum atomic E-state index is 13.2. The summed E-state index contributed by atoms with van der Waals surface area (Å²) in [4.78, 5) is 29.4. The third-order valence-corrected chi connectivity index (χ3v) is 9.23. The van der Waals surface area contributed by atoms with Crippen LogP contribution in [0.25, 0.3) is 11.0 Å². The lowest BCUT2D eigenvalue weighted by Crippen LogP contribution is -2.52. The highest BCUT2D eigenvalue weighted by Gasteiger charge is 2.39. The number of hydrogen-bond donors (Lipinski definition) is 0. The maximum Gasteiger partial charge on any atom is 0.245 e. The van der Waals surface area contributed by atoms with Crippen molar-refractivity contribution in [3.63, 3.8) is 0 Å². The smallest absolute Gasteiger partial charge is 0.245 e. The Balaban J connectivity index is 1.26. The zero-order valence-corrected chi connectivity index (χ0v) is 20.6. The summed E-state index contributed by atoms with van der Waals surface area (Å²) in [7, 11) is -3.75. The van der Waals surface area contributed by atoms with Gasteiger partial charge in [-0.25, -0.2) is 8.42 Å². The van der Waals surface area contributed by atoms with Gasteiger partial charge in [-0.15, -0.1) is 0 Å². The summed E-state index contributed by atoms with van der Waals surface area (Å²) in [5.41, 5.74) is 3.91. The van der Waals surface area contributed by atoms with E-state index < -0.39 is 15.9 Å². The van der Waals surface area contributed by atoms with Crippen LogP contribution in [0.2, 0.25) is 0 Å². The number of anilines is 1. The molecule has 9 nitrogen and oxygen atoms in total. The van der Waals surface area contributed by atoms with E-state index >= 15 is 0 Å². The molecule has 2 aliphatic rings. The van der Waals surface area contributed by atoms with E-state index in [1.807, 2.05) is 32.0 Å². The van der Waals surface area contributed by atoms with Gasteiger partial charge in [-0.05, 0) is 43.2 Å². The van der Waals surface area contributed by atoms with Crippen molar-refractivity contribution in [2.45, 2.75) is 25.2 Å². The van der Waals surface area contributed by atoms with E-state index in [0.717, 1.165) is 28.5 Å². The standard InChI is InChI=1S/C23H25N5O4S2/c1-15-5-3-7-19(16(15)2)28-14-17(13-21(28)29)23(30)26-9-11-27(12-10-26)34(31,32)20-8-4-6-18-22(20)25-33-24-18/h3-8,17H,9-14H2,1-2H3. The van der Waals surface area contributed by atoms with Gasteiger partial charge in [-0.3, -0.25) is 9.59 Å². The highest BCUT2D eigenvalue weighted by molar-refractivity contribution is 7.89. The number of aryl methyl sites for hydroxylation is 1. The Bertz CT molecular complexity index is 1380. The number of carbonyl (C=O) groups excluding carboxylic acids is 2. The molecular formula is C23H25N5O4S2. The summed E-state index contributed by atoms with van der Waals surface area (Å²) in [6.45, 7) is 5.30. The van der Waals surface area contributed by atoms with Crippen LogP contribution < -0.4 is 4.90 Å². The van der Waals surface area contributed by atoms with Crippen molar-refractivity contribution in [3.05, 3.63) is 47.5 Å². The second-order valence-corrected chi connectivity index (χ2v) is 11.2. The molecule has 2 aliphatic heterocycles. The Morgan fingerprint density at radius 3 is 2.53 bits per heavy atom. The van der Waals surface area contributed by atoms with Crippen LogP contribution in [0.1, 0.15) is 17.5 Å². The molecule has 34 heavy (non-hydrogen) atoms. The van der Waals surface area contributed by atoms with Crippen LogP contribution in [0.4, 0.5) is 5.69 Å². The minimum Gasteiger partial charge on any atom is -0.340 e. The van der Waals surface area contributed by atoms with E-state index in [1.165, 1.54) is 4.31 Å². The lowest BCUT2D eigenvalue weighted by molar-refractivity contribution is -0.136. The van der Waals surface area contributed by atoms with E-state index in [0.29, 0.717) is 17.6 Å². The van der Waals surface area contributed by atoms with Gasteiger partial charge in [0.1, 0.15) is 15.9 Å². The number of fused-ring (bicyclic) bond motifs is 1. The van der Waals surface area contributed by atoms with Crippen molar-refractivity contribution >= 4 is 50.3 Å². The Hall–Kier alpha value is -2.89. The lowest BCUT2D eigenvalue weighted by Gasteiger charge is -2.35. The zero-order chi connectivity index (χ0) is 24.0. The van der Waals surface area contributed by atoms with Gasteiger partial charge in [0, 0.05) is 44.8 Å². The number of hydrogen-bond acceptors (Lipinski definition) is 7. The highest BCUT2D eigenvalue weighted by atomic mass is 32.2. The van der Waals surface area contributed by atoms with Crippen molar-refractivity contribution < 1.29 is 18.0 Å². The van der Waals surface area contributed by atoms with E-state index in [2.05, 4.69) is 8.75 Å². The summed E-state index contributed by atoms with van der Waals surface area (Å²) < 4.78 is 36.2. The third kappa shape index (κ3) is 3.87. The predicted molar refractivity (Wildman–Crippen MR) is 129 cm³/mol. The van der Waals surface area contributed by atoms with E-state index in [4.69, 9.17) is 0 Å². The Morgan fingerprint density at radius 2 is 1.76 bits per heavy atom. The molecule has 2 aromatic carbocycles. The predicted octanol–water partition coefficient (Wildman–Crippen LogP) is 2.19. The molecule has 2 fully saturated rings. The minimum atomic E-state index is -3.75. The number of nitrogens with zero attached hydrogens (tertiary/aromatic N) is 5. The molecule has 0 aliphatic carbocycles. The van der Waals surface area contributed by atoms with Crippen LogP contribution >= 0.6 is 11.7 Å². The molecular weight excluding hydrogens is 474 g/mol. The maximum absolute atomic E-state index is 13.2. The Morgan fingerprint density at radius 1 is 1.03 bits per heavy atom. The Kier molecular flexibility index (Phi) is 5.86. The number of sulfonamides is 1. The van der Waals surface area contributed by atoms with Crippen LogP contribution in [-0.4, -0.2) is 70.9 Å². The first-order valence-electron chi connectivity index (χ1n) is 11.1. The second kappa shape index (κ2) is 8.71. The second-order valence-electron chi connectivity index (χ2n) is 8.74. The topological polar surface area (TPSA) is 104 Å². The molecule has 178 valence electrons. The van der Waals surface area contributed by atoms with Crippen molar-refractivity contribution in [1.82, 2.24) is 18.0 Å². The Labute approximate surface area is 202 Å². The van der Waals surface area contributed by atoms with Crippen molar-refractivity contribution in [2.75, 3.05) is 37.6 Å². The fourth-order valence-corrected chi connectivity index (χ4v) is 6.84. The first-order chi connectivity index (χ1) is 16.3. The van der Waals surface area contributed by atoms with E-state index in [9.17, 15) is 18.0 Å². The minimum absolute atomic E-state index is 0.0572.